The number of aliphatic hydroxyl groups excluding tert-OH is 1. The molecule has 1 N–H and O–H groups in total. The Hall–Kier alpha value is -1.06. The van der Waals surface area contributed by atoms with Crippen molar-refractivity contribution in [3.8, 4) is 5.75 Å². The van der Waals surface area contributed by atoms with Crippen LogP contribution >= 0.6 is 0 Å². The van der Waals surface area contributed by atoms with Crippen LogP contribution in [-0.2, 0) is 0 Å². The van der Waals surface area contributed by atoms with Gasteiger partial charge in [-0.1, -0.05) is 26.0 Å². The third-order valence-corrected chi connectivity index (χ3v) is 3.29. The molecule has 102 valence electrons. The van der Waals surface area contributed by atoms with E-state index in [1.54, 1.807) is 7.11 Å². The van der Waals surface area contributed by atoms with Gasteiger partial charge in [0.25, 0.3) is 0 Å². The molecule has 0 bridgehead atoms. The van der Waals surface area contributed by atoms with Crippen molar-refractivity contribution in [2.45, 2.75) is 32.2 Å². The first kappa shape index (κ1) is 15.0. The lowest BCUT2D eigenvalue weighted by molar-refractivity contribution is 0.210. The van der Waals surface area contributed by atoms with Crippen LogP contribution in [0.4, 0.5) is 0 Å². The second-order valence-electron chi connectivity index (χ2n) is 5.15. The number of ether oxygens (including phenoxy) is 1. The predicted octanol–water partition coefficient (Wildman–Crippen LogP) is 2.80. The summed E-state index contributed by atoms with van der Waals surface area (Å²) in [4.78, 5) is 2.14. The summed E-state index contributed by atoms with van der Waals surface area (Å²) in [5, 5.41) is 9.17. The fourth-order valence-electron chi connectivity index (χ4n) is 2.26. The second kappa shape index (κ2) is 6.76. The van der Waals surface area contributed by atoms with Gasteiger partial charge in [0.1, 0.15) is 5.75 Å². The molecule has 0 aliphatic rings. The van der Waals surface area contributed by atoms with Crippen LogP contribution in [0.15, 0.2) is 18.2 Å². The molecule has 0 aliphatic heterocycles. The van der Waals surface area contributed by atoms with E-state index in [0.29, 0.717) is 5.92 Å². The van der Waals surface area contributed by atoms with Crippen LogP contribution < -0.4 is 4.74 Å². The maximum absolute atomic E-state index is 9.17. The minimum Gasteiger partial charge on any atom is -0.496 e. The van der Waals surface area contributed by atoms with Crippen molar-refractivity contribution >= 4 is 0 Å². The van der Waals surface area contributed by atoms with Gasteiger partial charge in [-0.2, -0.15) is 0 Å². The molecule has 3 nitrogen and oxygen atoms in total. The molecule has 0 amide bonds. The molecule has 0 aromatic heterocycles. The van der Waals surface area contributed by atoms with E-state index in [1.807, 2.05) is 20.2 Å². The van der Waals surface area contributed by atoms with Gasteiger partial charge in [-0.05, 0) is 43.6 Å². The van der Waals surface area contributed by atoms with Crippen molar-refractivity contribution in [2.24, 2.45) is 0 Å². The molecule has 0 fully saturated rings. The Bertz CT molecular complexity index is 375. The minimum absolute atomic E-state index is 0.200. The maximum Gasteiger partial charge on any atom is 0.122 e. The maximum atomic E-state index is 9.17. The summed E-state index contributed by atoms with van der Waals surface area (Å²) in [5.41, 5.74) is 2.46. The number of rotatable bonds is 6. The number of benzene rings is 1. The summed E-state index contributed by atoms with van der Waals surface area (Å²) >= 11 is 0. The lowest BCUT2D eigenvalue weighted by Gasteiger charge is -2.25. The molecule has 0 saturated carbocycles. The number of methoxy groups -OCH3 is 1. The van der Waals surface area contributed by atoms with Crippen LogP contribution in [0.1, 0.15) is 43.4 Å². The van der Waals surface area contributed by atoms with E-state index in [0.717, 1.165) is 12.2 Å². The minimum atomic E-state index is 0.200. The van der Waals surface area contributed by atoms with Gasteiger partial charge in [0, 0.05) is 12.6 Å². The normalized spacial score (nSPS) is 13.1. The Morgan fingerprint density at radius 3 is 2.39 bits per heavy atom. The first-order valence-corrected chi connectivity index (χ1v) is 6.46. The van der Waals surface area contributed by atoms with Crippen LogP contribution in [0.5, 0.6) is 5.75 Å². The van der Waals surface area contributed by atoms with Gasteiger partial charge in [-0.15, -0.1) is 0 Å². The van der Waals surface area contributed by atoms with E-state index < -0.39 is 0 Å². The fourth-order valence-corrected chi connectivity index (χ4v) is 2.26. The summed E-state index contributed by atoms with van der Waals surface area (Å²) in [5.74, 6) is 1.37. The molecule has 1 atom stereocenters. The van der Waals surface area contributed by atoms with E-state index in [2.05, 4.69) is 30.9 Å². The van der Waals surface area contributed by atoms with Crippen LogP contribution in [0.3, 0.4) is 0 Å². The SMILES string of the molecule is COc1ccc(C(CCO)N(C)C)cc1C(C)C. The zero-order chi connectivity index (χ0) is 13.7. The molecule has 0 spiro atoms. The quantitative estimate of drug-likeness (QED) is 0.844. The topological polar surface area (TPSA) is 32.7 Å². The van der Waals surface area contributed by atoms with Crippen molar-refractivity contribution < 1.29 is 9.84 Å². The Morgan fingerprint density at radius 2 is 1.94 bits per heavy atom. The summed E-state index contributed by atoms with van der Waals surface area (Å²) < 4.78 is 5.40. The van der Waals surface area contributed by atoms with Crippen molar-refractivity contribution in [1.82, 2.24) is 4.90 Å². The molecule has 1 aromatic carbocycles. The Balaban J connectivity index is 3.12. The van der Waals surface area contributed by atoms with Gasteiger partial charge in [0.15, 0.2) is 0 Å². The number of hydrogen-bond acceptors (Lipinski definition) is 3. The molecule has 0 radical (unpaired) electrons. The molecule has 1 unspecified atom stereocenters. The van der Waals surface area contributed by atoms with Crippen LogP contribution in [-0.4, -0.2) is 37.8 Å². The number of nitrogens with zero attached hydrogens (tertiary/aromatic N) is 1. The summed E-state index contributed by atoms with van der Waals surface area (Å²) in [7, 11) is 5.79. The predicted molar refractivity (Wildman–Crippen MR) is 75.2 cm³/mol. The van der Waals surface area contributed by atoms with Crippen molar-refractivity contribution in [1.29, 1.82) is 0 Å². The van der Waals surface area contributed by atoms with Crippen LogP contribution in [0.2, 0.25) is 0 Å². The standard InChI is InChI=1S/C15H25NO2/c1-11(2)13-10-12(6-7-15(13)18-5)14(8-9-17)16(3)4/h6-7,10-11,14,17H,8-9H2,1-5H3. The second-order valence-corrected chi connectivity index (χ2v) is 5.15. The van der Waals surface area contributed by atoms with Gasteiger partial charge in [-0.25, -0.2) is 0 Å². The lowest BCUT2D eigenvalue weighted by Crippen LogP contribution is -2.21. The smallest absolute Gasteiger partial charge is 0.122 e. The van der Waals surface area contributed by atoms with E-state index in [1.165, 1.54) is 11.1 Å². The fraction of sp³-hybridized carbons (Fsp3) is 0.600. The Morgan fingerprint density at radius 1 is 1.28 bits per heavy atom. The van der Waals surface area contributed by atoms with Crippen molar-refractivity contribution in [3.05, 3.63) is 29.3 Å². The highest BCUT2D eigenvalue weighted by atomic mass is 16.5. The number of hydrogen-bond donors (Lipinski definition) is 1. The molecule has 1 rings (SSSR count). The average Bonchev–Trinajstić information content (AvgIpc) is 2.34. The molecule has 0 heterocycles. The Kier molecular flexibility index (Phi) is 5.63. The van der Waals surface area contributed by atoms with Crippen LogP contribution in [0, 0.1) is 0 Å². The van der Waals surface area contributed by atoms with E-state index in [-0.39, 0.29) is 12.6 Å². The third kappa shape index (κ3) is 3.47. The largest absolute Gasteiger partial charge is 0.496 e. The zero-order valence-corrected chi connectivity index (χ0v) is 12.1. The molecule has 0 aliphatic carbocycles. The molecular weight excluding hydrogens is 226 g/mol. The van der Waals surface area contributed by atoms with E-state index >= 15 is 0 Å². The zero-order valence-electron chi connectivity index (χ0n) is 12.1. The molecule has 3 heteroatoms. The lowest BCUT2D eigenvalue weighted by atomic mass is 9.95. The average molecular weight is 251 g/mol. The summed E-state index contributed by atoms with van der Waals surface area (Å²) in [6, 6.07) is 6.56. The van der Waals surface area contributed by atoms with Gasteiger partial charge in [0.05, 0.1) is 7.11 Å². The van der Waals surface area contributed by atoms with Crippen LogP contribution in [0.25, 0.3) is 0 Å². The Labute approximate surface area is 110 Å². The van der Waals surface area contributed by atoms with E-state index in [4.69, 9.17) is 4.74 Å². The van der Waals surface area contributed by atoms with Gasteiger partial charge < -0.3 is 14.7 Å². The summed E-state index contributed by atoms with van der Waals surface area (Å²) in [6.07, 6.45) is 0.747. The van der Waals surface area contributed by atoms with Crippen molar-refractivity contribution in [2.75, 3.05) is 27.8 Å². The van der Waals surface area contributed by atoms with Gasteiger partial charge in [-0.3, -0.25) is 0 Å². The molecular formula is C15H25NO2. The van der Waals surface area contributed by atoms with E-state index in [9.17, 15) is 5.11 Å². The highest BCUT2D eigenvalue weighted by Gasteiger charge is 2.16. The molecule has 18 heavy (non-hydrogen) atoms. The molecule has 1 aromatic rings. The third-order valence-electron chi connectivity index (χ3n) is 3.29. The van der Waals surface area contributed by atoms with Gasteiger partial charge in [0.2, 0.25) is 0 Å². The van der Waals surface area contributed by atoms with Crippen molar-refractivity contribution in [3.63, 3.8) is 0 Å². The first-order chi connectivity index (χ1) is 8.51. The number of aliphatic hydroxyl groups is 1. The summed E-state index contributed by atoms with van der Waals surface area (Å²) in [6.45, 7) is 4.53. The van der Waals surface area contributed by atoms with Gasteiger partial charge >= 0.3 is 0 Å². The molecule has 0 saturated heterocycles. The first-order valence-electron chi connectivity index (χ1n) is 6.46. The highest BCUT2D eigenvalue weighted by molar-refractivity contribution is 5.40. The highest BCUT2D eigenvalue weighted by Crippen LogP contribution is 2.31. The monoisotopic (exact) mass is 251 g/mol.